The molecular weight excluding hydrogens is 298 g/mol. The van der Waals surface area contributed by atoms with E-state index in [1.54, 1.807) is 0 Å². The summed E-state index contributed by atoms with van der Waals surface area (Å²) in [7, 11) is 0. The molecular formula is C12H12BrN3O2. The first kappa shape index (κ1) is 11.8. The molecule has 0 saturated carbocycles. The van der Waals surface area contributed by atoms with Crippen molar-refractivity contribution in [1.29, 1.82) is 0 Å². The molecule has 2 aromatic rings. The number of ether oxygens (including phenoxy) is 1. The maximum Gasteiger partial charge on any atom is 0.234 e. The normalized spacial score (nSPS) is 23.4. The number of hydrogen-bond acceptors (Lipinski definition) is 5. The number of nitrogens with two attached hydrogens (primary N) is 1. The molecule has 1 aromatic carbocycles. The van der Waals surface area contributed by atoms with Gasteiger partial charge in [0.1, 0.15) is 0 Å². The summed E-state index contributed by atoms with van der Waals surface area (Å²) in [6.45, 7) is 1.09. The van der Waals surface area contributed by atoms with E-state index >= 15 is 0 Å². The Morgan fingerprint density at radius 1 is 1.22 bits per heavy atom. The van der Waals surface area contributed by atoms with E-state index in [-0.39, 0.29) is 12.0 Å². The Balaban J connectivity index is 1.87. The van der Waals surface area contributed by atoms with E-state index in [9.17, 15) is 0 Å². The van der Waals surface area contributed by atoms with Crippen LogP contribution in [0.15, 0.2) is 33.3 Å². The average Bonchev–Trinajstić information content (AvgIpc) is 2.98. The van der Waals surface area contributed by atoms with Crippen LogP contribution in [0.2, 0.25) is 0 Å². The van der Waals surface area contributed by atoms with Crippen molar-refractivity contribution in [1.82, 2.24) is 10.1 Å². The monoisotopic (exact) mass is 309 g/mol. The van der Waals surface area contributed by atoms with E-state index in [1.807, 2.05) is 24.3 Å². The fourth-order valence-corrected chi connectivity index (χ4v) is 2.19. The van der Waals surface area contributed by atoms with Crippen molar-refractivity contribution in [3.63, 3.8) is 0 Å². The van der Waals surface area contributed by atoms with Crippen LogP contribution < -0.4 is 5.73 Å². The smallest absolute Gasteiger partial charge is 0.234 e. The predicted molar refractivity (Wildman–Crippen MR) is 69.0 cm³/mol. The number of benzene rings is 1. The molecule has 3 rings (SSSR count). The van der Waals surface area contributed by atoms with Gasteiger partial charge in [0.2, 0.25) is 11.7 Å². The fraction of sp³-hybridized carbons (Fsp3) is 0.333. The van der Waals surface area contributed by atoms with Gasteiger partial charge in [-0.25, -0.2) is 0 Å². The van der Waals surface area contributed by atoms with Gasteiger partial charge in [-0.3, -0.25) is 0 Å². The molecule has 2 atom stereocenters. The lowest BCUT2D eigenvalue weighted by Gasteiger charge is -2.06. The maximum atomic E-state index is 5.92. The topological polar surface area (TPSA) is 74.2 Å². The summed E-state index contributed by atoms with van der Waals surface area (Å²) in [6, 6.07) is 7.68. The molecule has 6 heteroatoms. The molecule has 1 aromatic heterocycles. The molecule has 1 aliphatic rings. The van der Waals surface area contributed by atoms with Gasteiger partial charge in [-0.2, -0.15) is 4.98 Å². The molecule has 1 aliphatic heterocycles. The van der Waals surface area contributed by atoms with Crippen molar-refractivity contribution in [3.05, 3.63) is 34.6 Å². The average molecular weight is 310 g/mol. The lowest BCUT2D eigenvalue weighted by molar-refractivity contribution is 0.187. The summed E-state index contributed by atoms with van der Waals surface area (Å²) >= 11 is 3.39. The van der Waals surface area contributed by atoms with Gasteiger partial charge in [-0.15, -0.1) is 0 Å². The van der Waals surface area contributed by atoms with Gasteiger partial charge in [0.15, 0.2) is 0 Å². The van der Waals surface area contributed by atoms with Gasteiger partial charge in [-0.1, -0.05) is 21.1 Å². The second-order valence-electron chi connectivity index (χ2n) is 4.27. The van der Waals surface area contributed by atoms with E-state index in [1.165, 1.54) is 0 Å². The standard InChI is InChI=1S/C12H12BrN3O2/c13-8-3-1-7(2-4-8)11-15-12(18-16-11)9-5-17-6-10(9)14/h1-4,9-10H,5-6,14H2. The van der Waals surface area contributed by atoms with Gasteiger partial charge in [0.05, 0.1) is 19.1 Å². The van der Waals surface area contributed by atoms with Crippen molar-refractivity contribution >= 4 is 15.9 Å². The molecule has 0 bridgehead atoms. The molecule has 2 heterocycles. The minimum atomic E-state index is -0.0665. The Labute approximate surface area is 112 Å². The van der Waals surface area contributed by atoms with E-state index in [0.29, 0.717) is 24.9 Å². The highest BCUT2D eigenvalue weighted by atomic mass is 79.9. The van der Waals surface area contributed by atoms with Crippen molar-refractivity contribution in [3.8, 4) is 11.4 Å². The van der Waals surface area contributed by atoms with E-state index < -0.39 is 0 Å². The zero-order valence-corrected chi connectivity index (χ0v) is 11.1. The van der Waals surface area contributed by atoms with Crippen LogP contribution in [-0.2, 0) is 4.74 Å². The largest absolute Gasteiger partial charge is 0.379 e. The molecule has 2 N–H and O–H groups in total. The molecule has 0 aliphatic carbocycles. The first-order valence-corrected chi connectivity index (χ1v) is 6.46. The number of halogens is 1. The Bertz CT molecular complexity index is 541. The number of nitrogens with zero attached hydrogens (tertiary/aromatic N) is 2. The van der Waals surface area contributed by atoms with Crippen LogP contribution in [0.3, 0.4) is 0 Å². The van der Waals surface area contributed by atoms with Crippen LogP contribution in [-0.4, -0.2) is 29.4 Å². The quantitative estimate of drug-likeness (QED) is 0.917. The predicted octanol–water partition coefficient (Wildman–Crippen LogP) is 1.94. The first-order valence-electron chi connectivity index (χ1n) is 5.67. The number of aromatic nitrogens is 2. The number of hydrogen-bond donors (Lipinski definition) is 1. The zero-order valence-electron chi connectivity index (χ0n) is 9.54. The van der Waals surface area contributed by atoms with Crippen molar-refractivity contribution < 1.29 is 9.26 Å². The van der Waals surface area contributed by atoms with E-state index in [2.05, 4.69) is 26.1 Å². The third kappa shape index (κ3) is 2.19. The molecule has 0 radical (unpaired) electrons. The lowest BCUT2D eigenvalue weighted by Crippen LogP contribution is -2.26. The van der Waals surface area contributed by atoms with Gasteiger partial charge in [0, 0.05) is 16.1 Å². The minimum absolute atomic E-state index is 0.00157. The number of rotatable bonds is 2. The molecule has 0 spiro atoms. The lowest BCUT2D eigenvalue weighted by atomic mass is 10.1. The van der Waals surface area contributed by atoms with Gasteiger partial charge in [0.25, 0.3) is 0 Å². The molecule has 1 fully saturated rings. The summed E-state index contributed by atoms with van der Waals surface area (Å²) in [5.41, 5.74) is 6.84. The highest BCUT2D eigenvalue weighted by Gasteiger charge is 2.31. The Hall–Kier alpha value is -1.24. The van der Waals surface area contributed by atoms with Gasteiger partial charge in [-0.05, 0) is 24.3 Å². The SMILES string of the molecule is NC1COCC1c1nc(-c2ccc(Br)cc2)no1. The van der Waals surface area contributed by atoms with Crippen LogP contribution in [0, 0.1) is 0 Å². The molecule has 0 amide bonds. The second-order valence-corrected chi connectivity index (χ2v) is 5.19. The van der Waals surface area contributed by atoms with E-state index in [0.717, 1.165) is 10.0 Å². The van der Waals surface area contributed by atoms with Crippen molar-refractivity contribution in [2.45, 2.75) is 12.0 Å². The Morgan fingerprint density at radius 3 is 2.67 bits per heavy atom. The third-order valence-electron chi connectivity index (χ3n) is 2.99. The summed E-state index contributed by atoms with van der Waals surface area (Å²) in [5, 5.41) is 3.98. The maximum absolute atomic E-state index is 5.92. The molecule has 18 heavy (non-hydrogen) atoms. The summed E-state index contributed by atoms with van der Waals surface area (Å²) in [4.78, 5) is 4.39. The fourth-order valence-electron chi connectivity index (χ4n) is 1.93. The zero-order chi connectivity index (χ0) is 12.5. The molecule has 94 valence electrons. The summed E-state index contributed by atoms with van der Waals surface area (Å²) in [5.74, 6) is 1.14. The molecule has 5 nitrogen and oxygen atoms in total. The minimum Gasteiger partial charge on any atom is -0.379 e. The molecule has 2 unspecified atom stereocenters. The van der Waals surface area contributed by atoms with Gasteiger partial charge >= 0.3 is 0 Å². The highest BCUT2D eigenvalue weighted by Crippen LogP contribution is 2.26. The molecule has 1 saturated heterocycles. The van der Waals surface area contributed by atoms with Crippen molar-refractivity contribution in [2.75, 3.05) is 13.2 Å². The van der Waals surface area contributed by atoms with Crippen LogP contribution in [0.4, 0.5) is 0 Å². The van der Waals surface area contributed by atoms with Crippen LogP contribution in [0.5, 0.6) is 0 Å². The van der Waals surface area contributed by atoms with Crippen LogP contribution in [0.25, 0.3) is 11.4 Å². The Morgan fingerprint density at radius 2 is 2.00 bits per heavy atom. The van der Waals surface area contributed by atoms with Crippen LogP contribution in [0.1, 0.15) is 11.8 Å². The summed E-state index contributed by atoms with van der Waals surface area (Å²) in [6.07, 6.45) is 0. The first-order chi connectivity index (χ1) is 8.74. The van der Waals surface area contributed by atoms with E-state index in [4.69, 9.17) is 15.0 Å². The van der Waals surface area contributed by atoms with Crippen molar-refractivity contribution in [2.24, 2.45) is 5.73 Å². The van der Waals surface area contributed by atoms with Gasteiger partial charge < -0.3 is 15.0 Å². The summed E-state index contributed by atoms with van der Waals surface area (Å²) < 4.78 is 11.6. The Kier molecular flexibility index (Phi) is 3.15. The van der Waals surface area contributed by atoms with Crippen LogP contribution >= 0.6 is 15.9 Å². The second kappa shape index (κ2) is 4.79. The third-order valence-corrected chi connectivity index (χ3v) is 3.51. The highest BCUT2D eigenvalue weighted by molar-refractivity contribution is 9.10.